The molecule has 7 heteroatoms. The average molecular weight is 475 g/mol. The number of amides is 1. The summed E-state index contributed by atoms with van der Waals surface area (Å²) in [7, 11) is 0. The number of nitrogens with zero attached hydrogens (tertiary/aromatic N) is 4. The molecule has 0 unspecified atom stereocenters. The van der Waals surface area contributed by atoms with Gasteiger partial charge < -0.3 is 9.47 Å². The van der Waals surface area contributed by atoms with Crippen molar-refractivity contribution in [1.29, 1.82) is 0 Å². The number of rotatable bonds is 6. The van der Waals surface area contributed by atoms with E-state index in [0.29, 0.717) is 12.3 Å². The second kappa shape index (κ2) is 10.4. The van der Waals surface area contributed by atoms with Gasteiger partial charge in [-0.2, -0.15) is 0 Å². The fourth-order valence-electron chi connectivity index (χ4n) is 4.33. The average Bonchev–Trinajstić information content (AvgIpc) is 3.02. The van der Waals surface area contributed by atoms with E-state index >= 15 is 0 Å². The number of carbonyl (C=O) groups is 1. The molecule has 5 nitrogen and oxygen atoms in total. The quantitative estimate of drug-likeness (QED) is 0.325. The molecule has 1 fully saturated rings. The van der Waals surface area contributed by atoms with Crippen molar-refractivity contribution in [3.8, 4) is 0 Å². The van der Waals surface area contributed by atoms with Gasteiger partial charge in [0, 0.05) is 30.6 Å². The Labute approximate surface area is 203 Å². The molecule has 3 heterocycles. The molecule has 0 saturated carbocycles. The van der Waals surface area contributed by atoms with Crippen LogP contribution in [0.3, 0.4) is 0 Å². The van der Waals surface area contributed by atoms with Crippen molar-refractivity contribution in [3.63, 3.8) is 0 Å². The zero-order chi connectivity index (χ0) is 23.3. The summed E-state index contributed by atoms with van der Waals surface area (Å²) in [6, 6.07) is 16.4. The van der Waals surface area contributed by atoms with E-state index in [4.69, 9.17) is 4.98 Å². The van der Waals surface area contributed by atoms with Crippen molar-refractivity contribution in [1.82, 2.24) is 19.4 Å². The molecule has 0 aliphatic carbocycles. The molecule has 5 rings (SSSR count). The van der Waals surface area contributed by atoms with Crippen LogP contribution in [0.1, 0.15) is 47.2 Å². The number of thioether (sulfide) groups is 1. The first kappa shape index (κ1) is 22.6. The van der Waals surface area contributed by atoms with Crippen LogP contribution in [0.25, 0.3) is 11.0 Å². The molecule has 0 radical (unpaired) electrons. The third-order valence-electron chi connectivity index (χ3n) is 6.23. The lowest BCUT2D eigenvalue weighted by Gasteiger charge is -2.20. The first-order valence-corrected chi connectivity index (χ1v) is 12.7. The van der Waals surface area contributed by atoms with Crippen LogP contribution in [0.15, 0.2) is 72.1 Å². The van der Waals surface area contributed by atoms with E-state index in [1.165, 1.54) is 25.0 Å². The lowest BCUT2D eigenvalue weighted by molar-refractivity contribution is 0.0761. The summed E-state index contributed by atoms with van der Waals surface area (Å²) in [5.74, 6) is 0.589. The predicted octanol–water partition coefficient (Wildman–Crippen LogP) is 5.93. The molecule has 0 bridgehead atoms. The van der Waals surface area contributed by atoms with Gasteiger partial charge in [0.05, 0.1) is 23.8 Å². The number of fused-ring (bicyclic) bond motifs is 1. The van der Waals surface area contributed by atoms with Crippen LogP contribution in [0.5, 0.6) is 0 Å². The Hall–Kier alpha value is -3.19. The highest BCUT2D eigenvalue weighted by Crippen LogP contribution is 2.27. The minimum absolute atomic E-state index is 0.126. The normalized spacial score (nSPS) is 14.3. The number of carbonyl (C=O) groups excluding carboxylic acids is 1. The van der Waals surface area contributed by atoms with Gasteiger partial charge >= 0.3 is 0 Å². The van der Waals surface area contributed by atoms with Crippen molar-refractivity contribution < 1.29 is 9.18 Å². The number of halogens is 1. The third-order valence-corrected chi connectivity index (χ3v) is 7.28. The minimum Gasteiger partial charge on any atom is -0.339 e. The Morgan fingerprint density at radius 1 is 0.912 bits per heavy atom. The van der Waals surface area contributed by atoms with Crippen LogP contribution in [0, 0.1) is 5.82 Å². The fraction of sp³-hybridized carbons (Fsp3) is 0.296. The van der Waals surface area contributed by atoms with Crippen molar-refractivity contribution in [2.75, 3.05) is 13.1 Å². The van der Waals surface area contributed by atoms with Gasteiger partial charge in [-0.05, 0) is 54.3 Å². The zero-order valence-electron chi connectivity index (χ0n) is 19.0. The fourth-order valence-corrected chi connectivity index (χ4v) is 5.30. The Bertz CT molecular complexity index is 1260. The van der Waals surface area contributed by atoms with Crippen molar-refractivity contribution in [2.24, 2.45) is 0 Å². The van der Waals surface area contributed by atoms with Gasteiger partial charge in [-0.3, -0.25) is 9.78 Å². The number of hydrogen-bond acceptors (Lipinski definition) is 4. The van der Waals surface area contributed by atoms with E-state index in [-0.39, 0.29) is 11.7 Å². The highest BCUT2D eigenvalue weighted by molar-refractivity contribution is 7.98. The Morgan fingerprint density at radius 2 is 1.62 bits per heavy atom. The zero-order valence-corrected chi connectivity index (χ0v) is 19.8. The molecule has 1 saturated heterocycles. The lowest BCUT2D eigenvalue weighted by atomic mass is 10.1. The molecular formula is C27H27FN4OS. The number of likely N-dealkylation sites (tertiary alicyclic amines) is 1. The van der Waals surface area contributed by atoms with E-state index in [1.807, 2.05) is 41.4 Å². The topological polar surface area (TPSA) is 51.0 Å². The Morgan fingerprint density at radius 3 is 2.35 bits per heavy atom. The molecule has 4 aromatic rings. The second-order valence-corrected chi connectivity index (χ2v) is 9.61. The maximum Gasteiger partial charge on any atom is 0.253 e. The summed E-state index contributed by atoms with van der Waals surface area (Å²) >= 11 is 1.62. The lowest BCUT2D eigenvalue weighted by Crippen LogP contribution is -2.31. The van der Waals surface area contributed by atoms with E-state index in [1.54, 1.807) is 30.1 Å². The van der Waals surface area contributed by atoms with E-state index in [2.05, 4.69) is 9.55 Å². The number of imidazole rings is 1. The molecule has 1 amide bonds. The molecule has 2 aromatic heterocycles. The smallest absolute Gasteiger partial charge is 0.253 e. The summed E-state index contributed by atoms with van der Waals surface area (Å²) in [5.41, 5.74) is 4.74. The summed E-state index contributed by atoms with van der Waals surface area (Å²) in [4.78, 5) is 24.0. The van der Waals surface area contributed by atoms with E-state index in [0.717, 1.165) is 58.8 Å². The number of aromatic nitrogens is 3. The Balaban J connectivity index is 1.34. The number of hydrogen-bond donors (Lipinski definition) is 0. The molecule has 34 heavy (non-hydrogen) atoms. The first-order valence-electron chi connectivity index (χ1n) is 11.7. The second-order valence-electron chi connectivity index (χ2n) is 8.66. The monoisotopic (exact) mass is 474 g/mol. The van der Waals surface area contributed by atoms with Gasteiger partial charge in [0.2, 0.25) is 0 Å². The van der Waals surface area contributed by atoms with Crippen LogP contribution >= 0.6 is 11.8 Å². The van der Waals surface area contributed by atoms with Crippen LogP contribution in [0.2, 0.25) is 0 Å². The summed E-state index contributed by atoms with van der Waals surface area (Å²) in [6.07, 6.45) is 8.17. The maximum absolute atomic E-state index is 13.2. The molecule has 0 atom stereocenters. The van der Waals surface area contributed by atoms with E-state index < -0.39 is 0 Å². The van der Waals surface area contributed by atoms with Gasteiger partial charge in [-0.1, -0.05) is 48.9 Å². The SMILES string of the molecule is O=C(c1ccc(Cn2c(SCc3ccc(F)cc3)nc3ccncc32)cc1)N1CCCCCC1. The van der Waals surface area contributed by atoms with Crippen molar-refractivity contribution in [3.05, 3.63) is 89.5 Å². The number of pyridine rings is 1. The third kappa shape index (κ3) is 5.14. The van der Waals surface area contributed by atoms with Crippen molar-refractivity contribution >= 4 is 28.7 Å². The van der Waals surface area contributed by atoms with Crippen LogP contribution in [-0.2, 0) is 12.3 Å². The van der Waals surface area contributed by atoms with Gasteiger partial charge in [0.25, 0.3) is 5.91 Å². The van der Waals surface area contributed by atoms with Crippen LogP contribution in [0.4, 0.5) is 4.39 Å². The number of benzene rings is 2. The summed E-state index contributed by atoms with van der Waals surface area (Å²) in [6.45, 7) is 2.33. The standard InChI is InChI=1S/C27H27FN4OS/c28-23-11-7-21(8-12-23)19-34-27-30-24-13-14-29-17-25(24)32(27)18-20-5-9-22(10-6-20)26(33)31-15-3-1-2-4-16-31/h5-14,17H,1-4,15-16,18-19H2. The molecular weight excluding hydrogens is 447 g/mol. The molecule has 1 aliphatic rings. The summed E-state index contributed by atoms with van der Waals surface area (Å²) < 4.78 is 15.4. The molecule has 2 aromatic carbocycles. The van der Waals surface area contributed by atoms with Gasteiger partial charge in [0.1, 0.15) is 5.82 Å². The molecule has 1 aliphatic heterocycles. The highest BCUT2D eigenvalue weighted by Gasteiger charge is 2.18. The Kier molecular flexibility index (Phi) is 6.90. The van der Waals surface area contributed by atoms with Gasteiger partial charge in [-0.25, -0.2) is 9.37 Å². The highest BCUT2D eigenvalue weighted by atomic mass is 32.2. The van der Waals surface area contributed by atoms with E-state index in [9.17, 15) is 9.18 Å². The minimum atomic E-state index is -0.232. The maximum atomic E-state index is 13.2. The van der Waals surface area contributed by atoms with Gasteiger partial charge in [-0.15, -0.1) is 0 Å². The first-order chi connectivity index (χ1) is 16.7. The largest absolute Gasteiger partial charge is 0.339 e. The van der Waals surface area contributed by atoms with Crippen molar-refractivity contribution in [2.45, 2.75) is 43.1 Å². The predicted molar refractivity (Wildman–Crippen MR) is 133 cm³/mol. The van der Waals surface area contributed by atoms with Crippen LogP contribution < -0.4 is 0 Å². The van der Waals surface area contributed by atoms with Crippen LogP contribution in [-0.4, -0.2) is 38.4 Å². The molecule has 0 spiro atoms. The molecule has 0 N–H and O–H groups in total. The molecule has 174 valence electrons. The summed E-state index contributed by atoms with van der Waals surface area (Å²) in [5, 5.41) is 0.886. The van der Waals surface area contributed by atoms with Gasteiger partial charge in [0.15, 0.2) is 5.16 Å².